The van der Waals surface area contributed by atoms with Crippen LogP contribution in [0.25, 0.3) is 0 Å². The Morgan fingerprint density at radius 2 is 2.07 bits per heavy atom. The van der Waals surface area contributed by atoms with Crippen molar-refractivity contribution in [2.45, 2.75) is 38.3 Å². The van der Waals surface area contributed by atoms with E-state index in [0.29, 0.717) is 18.4 Å². The van der Waals surface area contributed by atoms with Gasteiger partial charge in [0.15, 0.2) is 0 Å². The highest BCUT2D eigenvalue weighted by molar-refractivity contribution is 6.05. The van der Waals surface area contributed by atoms with Gasteiger partial charge in [0.05, 0.1) is 12.5 Å². The zero-order valence-corrected chi connectivity index (χ0v) is 8.62. The quantitative estimate of drug-likeness (QED) is 0.639. The third-order valence-electron chi connectivity index (χ3n) is 3.42. The fourth-order valence-corrected chi connectivity index (χ4v) is 2.06. The maximum atomic E-state index is 11.5. The molecule has 1 aliphatic heterocycles. The van der Waals surface area contributed by atoms with Crippen molar-refractivity contribution in [1.82, 2.24) is 10.2 Å². The number of likely N-dealkylation sites (N-methyl/N-ethyl adjacent to an activating group) is 1. The molecule has 1 aliphatic carbocycles. The molecule has 2 aliphatic rings. The molecule has 3 unspecified atom stereocenters. The van der Waals surface area contributed by atoms with Crippen LogP contribution in [0.1, 0.15) is 26.2 Å². The fraction of sp³-hybridized carbons (Fsp3) is 0.800. The molecule has 1 N–H and O–H groups in total. The predicted octanol–water partition coefficient (Wildman–Crippen LogP) is 0.132. The molecule has 2 rings (SSSR count). The lowest BCUT2D eigenvalue weighted by Gasteiger charge is -2.36. The average Bonchev–Trinajstić information content (AvgIpc) is 2.40. The van der Waals surface area contributed by atoms with Crippen LogP contribution in [0.3, 0.4) is 0 Å². The van der Waals surface area contributed by atoms with Gasteiger partial charge in [0.25, 0.3) is 0 Å². The van der Waals surface area contributed by atoms with Gasteiger partial charge in [-0.3, -0.25) is 14.5 Å². The molecule has 78 valence electrons. The number of imide groups is 1. The van der Waals surface area contributed by atoms with E-state index >= 15 is 0 Å². The van der Waals surface area contributed by atoms with Crippen molar-refractivity contribution < 1.29 is 9.59 Å². The first-order chi connectivity index (χ1) is 6.59. The first-order valence-electron chi connectivity index (χ1n) is 5.16. The van der Waals surface area contributed by atoms with E-state index in [2.05, 4.69) is 12.2 Å². The Balaban J connectivity index is 1.93. The van der Waals surface area contributed by atoms with Gasteiger partial charge in [0, 0.05) is 13.1 Å². The summed E-state index contributed by atoms with van der Waals surface area (Å²) in [6, 6.07) is 0.170. The summed E-state index contributed by atoms with van der Waals surface area (Å²) in [5.41, 5.74) is 0. The van der Waals surface area contributed by atoms with E-state index in [9.17, 15) is 9.59 Å². The Labute approximate surface area is 83.6 Å². The minimum absolute atomic E-state index is 0.0699. The number of carbonyl (C=O) groups is 2. The number of nitrogens with zero attached hydrogens (tertiary/aromatic N) is 1. The van der Waals surface area contributed by atoms with Gasteiger partial charge in [-0.2, -0.15) is 0 Å². The number of likely N-dealkylation sites (tertiary alicyclic amines) is 1. The van der Waals surface area contributed by atoms with Gasteiger partial charge >= 0.3 is 0 Å². The second kappa shape index (κ2) is 3.35. The van der Waals surface area contributed by atoms with Crippen molar-refractivity contribution in [2.24, 2.45) is 5.92 Å². The van der Waals surface area contributed by atoms with Gasteiger partial charge in [0.2, 0.25) is 11.8 Å². The molecule has 2 fully saturated rings. The SMILES string of the molecule is CC1CCC1NC1CC(=O)N(C)C1=O. The molecular formula is C10H16N2O2. The molecule has 2 amide bonds. The first kappa shape index (κ1) is 9.65. The minimum Gasteiger partial charge on any atom is -0.302 e. The van der Waals surface area contributed by atoms with Crippen LogP contribution in [-0.4, -0.2) is 35.8 Å². The standard InChI is InChI=1S/C10H16N2O2/c1-6-3-4-7(6)11-8-5-9(13)12(2)10(8)14/h6-8,11H,3-5H2,1-2H3. The van der Waals surface area contributed by atoms with Crippen molar-refractivity contribution >= 4 is 11.8 Å². The Morgan fingerprint density at radius 3 is 2.43 bits per heavy atom. The lowest BCUT2D eigenvalue weighted by molar-refractivity contribution is -0.137. The van der Waals surface area contributed by atoms with Crippen molar-refractivity contribution in [1.29, 1.82) is 0 Å². The van der Waals surface area contributed by atoms with Gasteiger partial charge in [-0.15, -0.1) is 0 Å². The molecule has 0 aromatic carbocycles. The van der Waals surface area contributed by atoms with Crippen molar-refractivity contribution in [3.63, 3.8) is 0 Å². The number of hydrogen-bond acceptors (Lipinski definition) is 3. The van der Waals surface area contributed by atoms with E-state index in [1.54, 1.807) is 7.05 Å². The lowest BCUT2D eigenvalue weighted by Crippen LogP contribution is -2.50. The normalized spacial score (nSPS) is 37.6. The lowest BCUT2D eigenvalue weighted by atomic mass is 9.80. The third kappa shape index (κ3) is 1.43. The minimum atomic E-state index is -0.264. The smallest absolute Gasteiger partial charge is 0.246 e. The number of carbonyl (C=O) groups excluding carboxylic acids is 2. The molecule has 0 radical (unpaired) electrons. The van der Waals surface area contributed by atoms with Crippen LogP contribution in [0.5, 0.6) is 0 Å². The van der Waals surface area contributed by atoms with Gasteiger partial charge in [-0.1, -0.05) is 6.92 Å². The zero-order valence-electron chi connectivity index (χ0n) is 8.62. The summed E-state index contributed by atoms with van der Waals surface area (Å²) in [5, 5.41) is 3.26. The van der Waals surface area contributed by atoms with Gasteiger partial charge < -0.3 is 5.32 Å². The van der Waals surface area contributed by atoms with Crippen LogP contribution in [-0.2, 0) is 9.59 Å². The van der Waals surface area contributed by atoms with E-state index < -0.39 is 0 Å². The maximum Gasteiger partial charge on any atom is 0.246 e. The van der Waals surface area contributed by atoms with Gasteiger partial charge in [-0.05, 0) is 18.8 Å². The average molecular weight is 196 g/mol. The van der Waals surface area contributed by atoms with Crippen molar-refractivity contribution in [3.05, 3.63) is 0 Å². The summed E-state index contributed by atoms with van der Waals surface area (Å²) in [6.07, 6.45) is 2.68. The van der Waals surface area contributed by atoms with E-state index in [1.165, 1.54) is 11.3 Å². The number of hydrogen-bond donors (Lipinski definition) is 1. The molecule has 4 nitrogen and oxygen atoms in total. The largest absolute Gasteiger partial charge is 0.302 e. The molecule has 4 heteroatoms. The zero-order chi connectivity index (χ0) is 10.3. The highest BCUT2D eigenvalue weighted by Crippen LogP contribution is 2.27. The molecule has 0 aromatic heterocycles. The Morgan fingerprint density at radius 1 is 1.36 bits per heavy atom. The van der Waals surface area contributed by atoms with Crippen molar-refractivity contribution in [2.75, 3.05) is 7.05 Å². The van der Waals surface area contributed by atoms with Gasteiger partial charge in [-0.25, -0.2) is 0 Å². The number of rotatable bonds is 2. The molecule has 14 heavy (non-hydrogen) atoms. The molecule has 3 atom stereocenters. The summed E-state index contributed by atoms with van der Waals surface area (Å²) < 4.78 is 0. The van der Waals surface area contributed by atoms with E-state index in [-0.39, 0.29) is 17.9 Å². The highest BCUT2D eigenvalue weighted by Gasteiger charge is 2.39. The molecule has 0 bridgehead atoms. The second-order valence-electron chi connectivity index (χ2n) is 4.38. The Kier molecular flexibility index (Phi) is 2.31. The van der Waals surface area contributed by atoms with E-state index in [1.807, 2.05) is 0 Å². The first-order valence-corrected chi connectivity index (χ1v) is 5.16. The van der Waals surface area contributed by atoms with Crippen LogP contribution in [0, 0.1) is 5.92 Å². The van der Waals surface area contributed by atoms with Gasteiger partial charge in [0.1, 0.15) is 0 Å². The Bertz CT molecular complexity index is 277. The molecule has 1 saturated carbocycles. The highest BCUT2D eigenvalue weighted by atomic mass is 16.2. The summed E-state index contributed by atoms with van der Waals surface area (Å²) in [7, 11) is 1.55. The third-order valence-corrected chi connectivity index (χ3v) is 3.42. The summed E-state index contributed by atoms with van der Waals surface area (Å²) in [6.45, 7) is 2.17. The summed E-state index contributed by atoms with van der Waals surface area (Å²) in [4.78, 5) is 24.0. The molecule has 0 aromatic rings. The summed E-state index contributed by atoms with van der Waals surface area (Å²) in [5.74, 6) is 0.498. The van der Waals surface area contributed by atoms with E-state index in [4.69, 9.17) is 0 Å². The van der Waals surface area contributed by atoms with Crippen LogP contribution in [0.15, 0.2) is 0 Å². The predicted molar refractivity (Wildman–Crippen MR) is 51.5 cm³/mol. The number of nitrogens with one attached hydrogen (secondary N) is 1. The van der Waals surface area contributed by atoms with Crippen LogP contribution in [0.4, 0.5) is 0 Å². The monoisotopic (exact) mass is 196 g/mol. The van der Waals surface area contributed by atoms with Crippen LogP contribution >= 0.6 is 0 Å². The molecule has 1 saturated heterocycles. The second-order valence-corrected chi connectivity index (χ2v) is 4.38. The van der Waals surface area contributed by atoms with Crippen LogP contribution in [0.2, 0.25) is 0 Å². The molecular weight excluding hydrogens is 180 g/mol. The Hall–Kier alpha value is -0.900. The van der Waals surface area contributed by atoms with Crippen molar-refractivity contribution in [3.8, 4) is 0 Å². The summed E-state index contributed by atoms with van der Waals surface area (Å²) >= 11 is 0. The van der Waals surface area contributed by atoms with E-state index in [0.717, 1.165) is 6.42 Å². The fourth-order valence-electron chi connectivity index (χ4n) is 2.06. The molecule has 1 heterocycles. The van der Waals surface area contributed by atoms with Crippen LogP contribution < -0.4 is 5.32 Å². The topological polar surface area (TPSA) is 49.4 Å². The molecule has 0 spiro atoms. The maximum absolute atomic E-state index is 11.5. The number of amides is 2.